The second-order valence-electron chi connectivity index (χ2n) is 5.96. The maximum Gasteiger partial charge on any atom is 0.136 e. The van der Waals surface area contributed by atoms with E-state index in [9.17, 15) is 4.55 Å². The fraction of sp³-hybridized carbons (Fsp3) is 0.467. The fourth-order valence-electron chi connectivity index (χ4n) is 2.35. The molecule has 0 heterocycles. The molecule has 0 bridgehead atoms. The van der Waals surface area contributed by atoms with Crippen molar-refractivity contribution in [1.29, 1.82) is 0 Å². The zero-order valence-electron chi connectivity index (χ0n) is 11.6. The largest absolute Gasteiger partial charge is 0.598 e. The number of fused-ring (bicyclic) bond motifs is 1. The Balaban J connectivity index is 2.35. The SMILES string of the molecule is C=C[C@@]1(N[S@+]([O-])C(C)(C)C)CCc2cc(Br)ccc21. The number of rotatable bonds is 3. The number of benzene rings is 1. The van der Waals surface area contributed by atoms with Crippen molar-refractivity contribution >= 4 is 27.3 Å². The van der Waals surface area contributed by atoms with Gasteiger partial charge in [0.1, 0.15) is 10.3 Å². The monoisotopic (exact) mass is 341 g/mol. The molecule has 2 rings (SSSR count). The van der Waals surface area contributed by atoms with Crippen LogP contribution in [0.25, 0.3) is 0 Å². The van der Waals surface area contributed by atoms with Crippen LogP contribution in [0.3, 0.4) is 0 Å². The summed E-state index contributed by atoms with van der Waals surface area (Å²) in [6, 6.07) is 6.27. The summed E-state index contributed by atoms with van der Waals surface area (Å²) in [7, 11) is 0. The van der Waals surface area contributed by atoms with Gasteiger partial charge in [0.05, 0.1) is 0 Å². The third-order valence-electron chi connectivity index (χ3n) is 3.52. The van der Waals surface area contributed by atoms with Crippen LogP contribution in [0.2, 0.25) is 0 Å². The Kier molecular flexibility index (Phi) is 4.17. The van der Waals surface area contributed by atoms with Gasteiger partial charge in [0.25, 0.3) is 0 Å². The van der Waals surface area contributed by atoms with Crippen LogP contribution in [0, 0.1) is 0 Å². The smallest absolute Gasteiger partial charge is 0.136 e. The summed E-state index contributed by atoms with van der Waals surface area (Å²) in [6.45, 7) is 9.89. The Bertz CT molecular complexity index is 497. The molecule has 4 heteroatoms. The fourth-order valence-corrected chi connectivity index (χ4v) is 3.69. The average Bonchev–Trinajstić information content (AvgIpc) is 2.67. The molecule has 0 fully saturated rings. The van der Waals surface area contributed by atoms with Crippen LogP contribution in [0.5, 0.6) is 0 Å². The van der Waals surface area contributed by atoms with Gasteiger partial charge in [0, 0.05) is 15.8 Å². The quantitative estimate of drug-likeness (QED) is 0.669. The maximum absolute atomic E-state index is 12.4. The minimum absolute atomic E-state index is 0.284. The number of aryl methyl sites for hydroxylation is 1. The molecule has 0 saturated heterocycles. The van der Waals surface area contributed by atoms with Crippen molar-refractivity contribution in [2.45, 2.75) is 43.9 Å². The van der Waals surface area contributed by atoms with Gasteiger partial charge < -0.3 is 4.55 Å². The summed E-state index contributed by atoms with van der Waals surface area (Å²) in [4.78, 5) is 0. The van der Waals surface area contributed by atoms with Crippen molar-refractivity contribution in [1.82, 2.24) is 4.72 Å². The minimum Gasteiger partial charge on any atom is -0.598 e. The lowest BCUT2D eigenvalue weighted by molar-refractivity contribution is 0.463. The van der Waals surface area contributed by atoms with Crippen LogP contribution >= 0.6 is 15.9 Å². The highest BCUT2D eigenvalue weighted by Crippen LogP contribution is 2.40. The minimum atomic E-state index is -1.11. The zero-order valence-corrected chi connectivity index (χ0v) is 14.0. The highest BCUT2D eigenvalue weighted by molar-refractivity contribution is 9.10. The summed E-state index contributed by atoms with van der Waals surface area (Å²) in [5.74, 6) is 0. The van der Waals surface area contributed by atoms with Crippen LogP contribution in [-0.4, -0.2) is 9.30 Å². The van der Waals surface area contributed by atoms with Crippen molar-refractivity contribution in [3.05, 3.63) is 46.5 Å². The average molecular weight is 342 g/mol. The van der Waals surface area contributed by atoms with Gasteiger partial charge in [-0.1, -0.05) is 28.1 Å². The molecule has 0 unspecified atom stereocenters. The van der Waals surface area contributed by atoms with Crippen molar-refractivity contribution in [3.8, 4) is 0 Å². The van der Waals surface area contributed by atoms with Crippen molar-refractivity contribution in [3.63, 3.8) is 0 Å². The molecule has 0 saturated carbocycles. The topological polar surface area (TPSA) is 35.1 Å². The van der Waals surface area contributed by atoms with Gasteiger partial charge in [0.15, 0.2) is 0 Å². The van der Waals surface area contributed by atoms with Gasteiger partial charge in [-0.25, -0.2) is 0 Å². The molecule has 19 heavy (non-hydrogen) atoms. The van der Waals surface area contributed by atoms with Gasteiger partial charge >= 0.3 is 0 Å². The van der Waals surface area contributed by atoms with Crippen LogP contribution in [0.15, 0.2) is 35.3 Å². The number of nitrogens with one attached hydrogen (secondary N) is 1. The van der Waals surface area contributed by atoms with Crippen LogP contribution in [-0.2, 0) is 23.3 Å². The Morgan fingerprint density at radius 3 is 2.74 bits per heavy atom. The molecule has 0 radical (unpaired) electrons. The first kappa shape index (κ1) is 15.1. The van der Waals surface area contributed by atoms with Crippen molar-refractivity contribution < 1.29 is 4.55 Å². The van der Waals surface area contributed by atoms with E-state index in [0.29, 0.717) is 0 Å². The normalized spacial score (nSPS) is 24.1. The van der Waals surface area contributed by atoms with Crippen LogP contribution in [0.1, 0.15) is 38.3 Å². The molecule has 2 nitrogen and oxygen atoms in total. The molecule has 0 amide bonds. The van der Waals surface area contributed by atoms with E-state index in [-0.39, 0.29) is 10.3 Å². The molecule has 1 aromatic rings. The Morgan fingerprint density at radius 1 is 1.47 bits per heavy atom. The second kappa shape index (κ2) is 5.24. The summed E-state index contributed by atoms with van der Waals surface area (Å²) >= 11 is 2.39. The van der Waals surface area contributed by atoms with Crippen molar-refractivity contribution in [2.75, 3.05) is 0 Å². The summed E-state index contributed by atoms with van der Waals surface area (Å²) < 4.78 is 16.5. The first-order valence-corrected chi connectivity index (χ1v) is 8.35. The second-order valence-corrected chi connectivity index (χ2v) is 8.84. The molecule has 0 spiro atoms. The predicted molar refractivity (Wildman–Crippen MR) is 85.4 cm³/mol. The van der Waals surface area contributed by atoms with E-state index in [1.54, 1.807) is 0 Å². The molecule has 1 aliphatic rings. The van der Waals surface area contributed by atoms with E-state index in [1.807, 2.05) is 32.9 Å². The zero-order chi connectivity index (χ0) is 14.3. The summed E-state index contributed by atoms with van der Waals surface area (Å²) in [5, 5.41) is 0. The summed E-state index contributed by atoms with van der Waals surface area (Å²) in [5.41, 5.74) is 2.13. The molecule has 1 aliphatic carbocycles. The standard InChI is InChI=1S/C15H20BrNOS/c1-5-15(17-19(18)14(2,3)4)9-8-11-10-12(16)6-7-13(11)15/h5-7,10,17H,1,8-9H2,2-4H3/t15-,19-/m1/s1. The maximum atomic E-state index is 12.4. The molecule has 1 N–H and O–H groups in total. The Hall–Kier alpha value is -0.290. The molecular formula is C15H20BrNOS. The first-order chi connectivity index (χ1) is 8.78. The Labute approximate surface area is 127 Å². The van der Waals surface area contributed by atoms with E-state index in [1.165, 1.54) is 11.1 Å². The highest BCUT2D eigenvalue weighted by atomic mass is 79.9. The van der Waals surface area contributed by atoms with Gasteiger partial charge in [-0.05, 0) is 56.9 Å². The lowest BCUT2D eigenvalue weighted by Crippen LogP contribution is -2.49. The van der Waals surface area contributed by atoms with Gasteiger partial charge in [-0.2, -0.15) is 0 Å². The Morgan fingerprint density at radius 2 is 2.16 bits per heavy atom. The highest BCUT2D eigenvalue weighted by Gasteiger charge is 2.42. The van der Waals surface area contributed by atoms with Gasteiger partial charge in [0.2, 0.25) is 0 Å². The van der Waals surface area contributed by atoms with E-state index < -0.39 is 11.4 Å². The van der Waals surface area contributed by atoms with Gasteiger partial charge in [-0.3, -0.25) is 0 Å². The van der Waals surface area contributed by atoms with E-state index in [0.717, 1.165) is 17.3 Å². The van der Waals surface area contributed by atoms with E-state index >= 15 is 0 Å². The lowest BCUT2D eigenvalue weighted by atomic mass is 9.93. The van der Waals surface area contributed by atoms with Crippen molar-refractivity contribution in [2.24, 2.45) is 0 Å². The van der Waals surface area contributed by atoms with Crippen LogP contribution < -0.4 is 4.72 Å². The molecular weight excluding hydrogens is 322 g/mol. The molecule has 2 atom stereocenters. The first-order valence-electron chi connectivity index (χ1n) is 6.41. The lowest BCUT2D eigenvalue weighted by Gasteiger charge is -2.33. The third-order valence-corrected chi connectivity index (χ3v) is 5.67. The molecule has 0 aliphatic heterocycles. The molecule has 1 aromatic carbocycles. The molecule has 104 valence electrons. The number of hydrogen-bond acceptors (Lipinski definition) is 2. The number of halogens is 1. The van der Waals surface area contributed by atoms with Crippen LogP contribution in [0.4, 0.5) is 0 Å². The van der Waals surface area contributed by atoms with E-state index in [4.69, 9.17) is 0 Å². The molecule has 0 aromatic heterocycles. The predicted octanol–water partition coefficient (Wildman–Crippen LogP) is 3.83. The summed E-state index contributed by atoms with van der Waals surface area (Å²) in [6.07, 6.45) is 3.79. The third kappa shape index (κ3) is 2.92. The number of hydrogen-bond donors (Lipinski definition) is 1. The van der Waals surface area contributed by atoms with Gasteiger partial charge in [-0.15, -0.1) is 11.3 Å². The van der Waals surface area contributed by atoms with E-state index in [2.05, 4.69) is 39.4 Å².